The van der Waals surface area contributed by atoms with Crippen molar-refractivity contribution in [3.8, 4) is 0 Å². The number of rotatable bonds is 3. The molecule has 0 aliphatic carbocycles. The zero-order valence-electron chi connectivity index (χ0n) is 11.0. The highest BCUT2D eigenvalue weighted by molar-refractivity contribution is 7.10. The summed E-state index contributed by atoms with van der Waals surface area (Å²) in [7, 11) is 0. The Morgan fingerprint density at radius 2 is 2.42 bits per heavy atom. The molecule has 100 valence electrons. The Balaban J connectivity index is 1.65. The highest BCUT2D eigenvalue weighted by Crippen LogP contribution is 2.33. The molecule has 0 aromatic carbocycles. The van der Waals surface area contributed by atoms with Crippen molar-refractivity contribution >= 4 is 17.2 Å². The molecule has 2 aromatic rings. The van der Waals surface area contributed by atoms with Crippen LogP contribution < -0.4 is 0 Å². The Morgan fingerprint density at radius 1 is 1.53 bits per heavy atom. The van der Waals surface area contributed by atoms with Crippen molar-refractivity contribution in [3.05, 3.63) is 46.0 Å². The van der Waals surface area contributed by atoms with E-state index in [1.807, 2.05) is 17.0 Å². The van der Waals surface area contributed by atoms with Gasteiger partial charge in [-0.05, 0) is 42.5 Å². The minimum atomic E-state index is 0.208. The number of nitrogens with zero attached hydrogens (tertiary/aromatic N) is 1. The maximum atomic E-state index is 12.3. The Kier molecular flexibility index (Phi) is 3.42. The molecule has 0 N–H and O–H groups in total. The second kappa shape index (κ2) is 5.21. The monoisotopic (exact) mass is 275 g/mol. The van der Waals surface area contributed by atoms with Crippen LogP contribution in [0.15, 0.2) is 34.3 Å². The average Bonchev–Trinajstić information content (AvgIpc) is 3.07. The fraction of sp³-hybridized carbons (Fsp3) is 0.400. The summed E-state index contributed by atoms with van der Waals surface area (Å²) in [6.45, 7) is 2.96. The summed E-state index contributed by atoms with van der Waals surface area (Å²) in [5.41, 5.74) is 1.32. The van der Waals surface area contributed by atoms with Gasteiger partial charge in [0.1, 0.15) is 5.76 Å². The van der Waals surface area contributed by atoms with Crippen molar-refractivity contribution in [1.29, 1.82) is 0 Å². The molecule has 0 radical (unpaired) electrons. The first kappa shape index (κ1) is 12.5. The molecule has 3 nitrogen and oxygen atoms in total. The lowest BCUT2D eigenvalue weighted by atomic mass is 10.0. The van der Waals surface area contributed by atoms with Gasteiger partial charge < -0.3 is 9.32 Å². The van der Waals surface area contributed by atoms with Crippen LogP contribution in [0.5, 0.6) is 0 Å². The predicted octanol–water partition coefficient (Wildman–Crippen LogP) is 3.42. The van der Waals surface area contributed by atoms with Gasteiger partial charge in [0.05, 0.1) is 12.3 Å². The first-order valence-electron chi connectivity index (χ1n) is 6.64. The zero-order valence-corrected chi connectivity index (χ0v) is 11.8. The molecule has 4 heteroatoms. The number of carbonyl (C=O) groups is 1. The predicted molar refractivity (Wildman–Crippen MR) is 75.2 cm³/mol. The van der Waals surface area contributed by atoms with Crippen molar-refractivity contribution in [2.24, 2.45) is 0 Å². The normalized spacial score (nSPS) is 18.4. The molecule has 1 aliphatic rings. The third kappa shape index (κ3) is 2.45. The fourth-order valence-electron chi connectivity index (χ4n) is 2.68. The van der Waals surface area contributed by atoms with Crippen LogP contribution in [0.25, 0.3) is 0 Å². The minimum absolute atomic E-state index is 0.208. The second-order valence-electron chi connectivity index (χ2n) is 4.89. The number of furan rings is 1. The number of amides is 1. The van der Waals surface area contributed by atoms with Crippen molar-refractivity contribution in [2.45, 2.75) is 32.2 Å². The van der Waals surface area contributed by atoms with Crippen molar-refractivity contribution in [3.63, 3.8) is 0 Å². The van der Waals surface area contributed by atoms with Crippen LogP contribution in [0.4, 0.5) is 0 Å². The zero-order chi connectivity index (χ0) is 13.2. The largest absolute Gasteiger partial charge is 0.469 e. The van der Waals surface area contributed by atoms with Gasteiger partial charge in [0.15, 0.2) is 0 Å². The van der Waals surface area contributed by atoms with E-state index in [-0.39, 0.29) is 11.9 Å². The van der Waals surface area contributed by atoms with Crippen LogP contribution in [-0.2, 0) is 17.6 Å². The van der Waals surface area contributed by atoms with Gasteiger partial charge in [-0.1, -0.05) is 0 Å². The fourth-order valence-corrected chi connectivity index (χ4v) is 3.64. The molecule has 0 saturated heterocycles. The first-order valence-corrected chi connectivity index (χ1v) is 7.52. The number of hydrogen-bond donors (Lipinski definition) is 0. The van der Waals surface area contributed by atoms with Gasteiger partial charge >= 0.3 is 0 Å². The van der Waals surface area contributed by atoms with Crippen LogP contribution >= 0.6 is 11.3 Å². The highest BCUT2D eigenvalue weighted by Gasteiger charge is 2.27. The maximum Gasteiger partial charge on any atom is 0.223 e. The van der Waals surface area contributed by atoms with E-state index in [9.17, 15) is 4.79 Å². The highest BCUT2D eigenvalue weighted by atomic mass is 32.1. The molecule has 3 rings (SSSR count). The molecule has 0 bridgehead atoms. The first-order chi connectivity index (χ1) is 9.25. The van der Waals surface area contributed by atoms with E-state index < -0.39 is 0 Å². The Bertz CT molecular complexity index is 558. The van der Waals surface area contributed by atoms with Gasteiger partial charge in [0.2, 0.25) is 5.91 Å². The summed E-state index contributed by atoms with van der Waals surface area (Å²) in [6.07, 6.45) is 3.85. The molecule has 0 fully saturated rings. The van der Waals surface area contributed by atoms with Crippen LogP contribution in [0.2, 0.25) is 0 Å². The molecule has 3 heterocycles. The van der Waals surface area contributed by atoms with Gasteiger partial charge in [-0.15, -0.1) is 11.3 Å². The molecule has 1 atom stereocenters. The third-order valence-corrected chi connectivity index (χ3v) is 4.76. The number of fused-ring (bicyclic) bond motifs is 1. The summed E-state index contributed by atoms with van der Waals surface area (Å²) in [5.74, 6) is 1.11. The standard InChI is InChI=1S/C15H17NO2S/c1-11-13-7-10-19-14(13)6-8-16(11)15(17)5-4-12-3-2-9-18-12/h2-3,7,9-11H,4-6,8H2,1H3/t11-/m0/s1. The lowest BCUT2D eigenvalue weighted by molar-refractivity contribution is -0.133. The number of carbonyl (C=O) groups excluding carboxylic acids is 1. The van der Waals surface area contributed by atoms with E-state index in [0.717, 1.165) is 18.7 Å². The number of aryl methyl sites for hydroxylation is 1. The molecule has 19 heavy (non-hydrogen) atoms. The summed E-state index contributed by atoms with van der Waals surface area (Å²) in [6, 6.07) is 6.14. The summed E-state index contributed by atoms with van der Waals surface area (Å²) in [4.78, 5) is 15.8. The Labute approximate surface area is 116 Å². The SMILES string of the molecule is C[C@H]1c2ccsc2CCN1C(=O)CCc1ccco1. The molecule has 0 unspecified atom stereocenters. The number of thiophene rings is 1. The lowest BCUT2D eigenvalue weighted by Gasteiger charge is -2.33. The second-order valence-corrected chi connectivity index (χ2v) is 5.89. The van der Waals surface area contributed by atoms with Gasteiger partial charge in [-0.2, -0.15) is 0 Å². The third-order valence-electron chi connectivity index (χ3n) is 3.76. The van der Waals surface area contributed by atoms with Crippen LogP contribution in [-0.4, -0.2) is 17.4 Å². The quantitative estimate of drug-likeness (QED) is 0.860. The van der Waals surface area contributed by atoms with Crippen molar-refractivity contribution in [1.82, 2.24) is 4.90 Å². The summed E-state index contributed by atoms with van der Waals surface area (Å²) >= 11 is 1.80. The van der Waals surface area contributed by atoms with Gasteiger partial charge in [0.25, 0.3) is 0 Å². The molecule has 1 aliphatic heterocycles. The van der Waals surface area contributed by atoms with Crippen LogP contribution in [0, 0.1) is 0 Å². The minimum Gasteiger partial charge on any atom is -0.469 e. The van der Waals surface area contributed by atoms with E-state index in [2.05, 4.69) is 18.4 Å². The van der Waals surface area contributed by atoms with E-state index in [1.165, 1.54) is 10.4 Å². The van der Waals surface area contributed by atoms with Gasteiger partial charge in [0, 0.05) is 24.3 Å². The van der Waals surface area contributed by atoms with E-state index in [4.69, 9.17) is 4.42 Å². The average molecular weight is 275 g/mol. The van der Waals surface area contributed by atoms with Gasteiger partial charge in [-0.3, -0.25) is 4.79 Å². The van der Waals surface area contributed by atoms with Crippen LogP contribution in [0.1, 0.15) is 35.6 Å². The molecular weight excluding hydrogens is 258 g/mol. The summed E-state index contributed by atoms with van der Waals surface area (Å²) in [5, 5.41) is 2.12. The molecule has 2 aromatic heterocycles. The maximum absolute atomic E-state index is 12.3. The Morgan fingerprint density at radius 3 is 3.21 bits per heavy atom. The Hall–Kier alpha value is -1.55. The topological polar surface area (TPSA) is 33.5 Å². The summed E-state index contributed by atoms with van der Waals surface area (Å²) < 4.78 is 5.27. The van der Waals surface area contributed by atoms with E-state index in [0.29, 0.717) is 12.8 Å². The lowest BCUT2D eigenvalue weighted by Crippen LogP contribution is -2.38. The van der Waals surface area contributed by atoms with Crippen LogP contribution in [0.3, 0.4) is 0 Å². The number of hydrogen-bond acceptors (Lipinski definition) is 3. The van der Waals surface area contributed by atoms with E-state index >= 15 is 0 Å². The molecule has 0 spiro atoms. The van der Waals surface area contributed by atoms with Gasteiger partial charge in [-0.25, -0.2) is 0 Å². The smallest absolute Gasteiger partial charge is 0.223 e. The van der Waals surface area contributed by atoms with Crippen molar-refractivity contribution < 1.29 is 9.21 Å². The molecular formula is C15H17NO2S. The molecule has 0 saturated carbocycles. The molecule has 1 amide bonds. The van der Waals surface area contributed by atoms with E-state index in [1.54, 1.807) is 17.6 Å². The van der Waals surface area contributed by atoms with Crippen molar-refractivity contribution in [2.75, 3.05) is 6.54 Å².